The Balaban J connectivity index is 1.69. The lowest BCUT2D eigenvalue weighted by Gasteiger charge is -2.18. The fourth-order valence-electron chi connectivity index (χ4n) is 2.78. The van der Waals surface area contributed by atoms with Crippen molar-refractivity contribution < 1.29 is 10.0 Å². The van der Waals surface area contributed by atoms with Gasteiger partial charge < -0.3 is 10.4 Å². The molecular formula is C16H16N2O3. The molecule has 5 nitrogen and oxygen atoms in total. The van der Waals surface area contributed by atoms with Crippen LogP contribution in [0.25, 0.3) is 0 Å². The summed E-state index contributed by atoms with van der Waals surface area (Å²) >= 11 is 0. The van der Waals surface area contributed by atoms with Gasteiger partial charge in [0.15, 0.2) is 0 Å². The van der Waals surface area contributed by atoms with Crippen LogP contribution in [0.1, 0.15) is 22.7 Å². The van der Waals surface area contributed by atoms with Gasteiger partial charge in [-0.3, -0.25) is 10.1 Å². The smallest absolute Gasteiger partial charge is 0.269 e. The Labute approximate surface area is 122 Å². The summed E-state index contributed by atoms with van der Waals surface area (Å²) in [5.41, 5.74) is 3.35. The van der Waals surface area contributed by atoms with E-state index in [0.717, 1.165) is 11.1 Å². The van der Waals surface area contributed by atoms with Crippen LogP contribution in [0, 0.1) is 10.1 Å². The molecule has 108 valence electrons. The van der Waals surface area contributed by atoms with E-state index in [1.165, 1.54) is 17.7 Å². The molecule has 0 aromatic heterocycles. The number of nitro benzene ring substituents is 1. The van der Waals surface area contributed by atoms with Gasteiger partial charge in [0, 0.05) is 25.1 Å². The maximum Gasteiger partial charge on any atom is 0.269 e. The number of hydrogen-bond donors (Lipinski definition) is 2. The summed E-state index contributed by atoms with van der Waals surface area (Å²) in [6.07, 6.45) is 0.231. The van der Waals surface area contributed by atoms with Gasteiger partial charge >= 0.3 is 0 Å². The molecule has 0 unspecified atom stereocenters. The van der Waals surface area contributed by atoms with E-state index in [-0.39, 0.29) is 11.7 Å². The minimum absolute atomic E-state index is 0.0867. The summed E-state index contributed by atoms with van der Waals surface area (Å²) in [5.74, 6) is 0. The Morgan fingerprint density at radius 1 is 1.19 bits per heavy atom. The fraction of sp³-hybridized carbons (Fsp3) is 0.250. The Morgan fingerprint density at radius 2 is 1.90 bits per heavy atom. The van der Waals surface area contributed by atoms with E-state index in [1.807, 2.05) is 24.3 Å². The zero-order chi connectivity index (χ0) is 14.8. The summed E-state index contributed by atoms with van der Waals surface area (Å²) in [4.78, 5) is 10.2. The highest BCUT2D eigenvalue weighted by molar-refractivity contribution is 5.37. The van der Waals surface area contributed by atoms with Crippen LogP contribution in [0.3, 0.4) is 0 Å². The van der Waals surface area contributed by atoms with Crippen LogP contribution in [0.5, 0.6) is 0 Å². The number of fused-ring (bicyclic) bond motifs is 1. The second-order valence-electron chi connectivity index (χ2n) is 5.25. The van der Waals surface area contributed by atoms with E-state index in [9.17, 15) is 15.2 Å². The lowest BCUT2D eigenvalue weighted by atomic mass is 10.1. The molecule has 1 aliphatic rings. The van der Waals surface area contributed by atoms with E-state index in [2.05, 4.69) is 5.32 Å². The lowest BCUT2D eigenvalue weighted by Crippen LogP contribution is -2.28. The molecule has 2 aromatic carbocycles. The third-order valence-corrected chi connectivity index (χ3v) is 3.88. The molecule has 5 heteroatoms. The summed E-state index contributed by atoms with van der Waals surface area (Å²) in [5, 5.41) is 24.1. The van der Waals surface area contributed by atoms with Gasteiger partial charge in [-0.2, -0.15) is 0 Å². The summed E-state index contributed by atoms with van der Waals surface area (Å²) < 4.78 is 0. The van der Waals surface area contributed by atoms with Gasteiger partial charge in [0.05, 0.1) is 17.1 Å². The number of rotatable bonds is 4. The zero-order valence-corrected chi connectivity index (χ0v) is 11.4. The normalized spacial score (nSPS) is 20.2. The first-order valence-corrected chi connectivity index (χ1v) is 6.88. The number of benzene rings is 2. The van der Waals surface area contributed by atoms with Crippen molar-refractivity contribution in [1.82, 2.24) is 5.32 Å². The second-order valence-corrected chi connectivity index (χ2v) is 5.25. The summed E-state index contributed by atoms with van der Waals surface area (Å²) in [6, 6.07) is 14.4. The van der Waals surface area contributed by atoms with Gasteiger partial charge in [-0.1, -0.05) is 36.4 Å². The van der Waals surface area contributed by atoms with Crippen LogP contribution in [0.4, 0.5) is 5.69 Å². The Hall–Kier alpha value is -2.24. The first kappa shape index (κ1) is 13.7. The number of aliphatic hydroxyl groups excluding tert-OH is 1. The fourth-order valence-corrected chi connectivity index (χ4v) is 2.78. The third kappa shape index (κ3) is 2.79. The predicted octanol–water partition coefficient (Wildman–Crippen LogP) is 2.34. The zero-order valence-electron chi connectivity index (χ0n) is 11.4. The van der Waals surface area contributed by atoms with Crippen molar-refractivity contribution in [3.8, 4) is 0 Å². The molecule has 0 bridgehead atoms. The van der Waals surface area contributed by atoms with E-state index >= 15 is 0 Å². The highest BCUT2D eigenvalue weighted by Crippen LogP contribution is 2.31. The van der Waals surface area contributed by atoms with Crippen molar-refractivity contribution in [3.05, 3.63) is 75.3 Å². The first-order valence-electron chi connectivity index (χ1n) is 6.88. The second kappa shape index (κ2) is 5.63. The average molecular weight is 284 g/mol. The number of nitrogens with one attached hydrogen (secondary N) is 1. The van der Waals surface area contributed by atoms with Gasteiger partial charge in [-0.05, 0) is 16.7 Å². The van der Waals surface area contributed by atoms with Crippen molar-refractivity contribution in [2.24, 2.45) is 0 Å². The monoisotopic (exact) mass is 284 g/mol. The van der Waals surface area contributed by atoms with E-state index in [1.54, 1.807) is 12.1 Å². The number of non-ortho nitro benzene ring substituents is 1. The van der Waals surface area contributed by atoms with Crippen molar-refractivity contribution in [2.45, 2.75) is 25.1 Å². The number of nitrogens with zero attached hydrogens (tertiary/aromatic N) is 1. The maximum atomic E-state index is 10.6. The number of aliphatic hydroxyl groups is 1. The first-order chi connectivity index (χ1) is 10.1. The molecule has 2 N–H and O–H groups in total. The molecule has 0 radical (unpaired) electrons. The quantitative estimate of drug-likeness (QED) is 0.667. The third-order valence-electron chi connectivity index (χ3n) is 3.88. The molecule has 0 heterocycles. The Kier molecular flexibility index (Phi) is 3.68. The molecule has 0 fully saturated rings. The van der Waals surface area contributed by atoms with Gasteiger partial charge in [0.25, 0.3) is 5.69 Å². The standard InChI is InChI=1S/C16H16N2O3/c19-15-9-12-3-1-2-4-14(12)16(15)17-10-11-5-7-13(8-6-11)18(20)21/h1-8,15-17,19H,9-10H2/t15-,16+/m1/s1. The molecule has 0 saturated carbocycles. The minimum Gasteiger partial charge on any atom is -0.391 e. The van der Waals surface area contributed by atoms with E-state index in [4.69, 9.17) is 0 Å². The Morgan fingerprint density at radius 3 is 2.62 bits per heavy atom. The van der Waals surface area contributed by atoms with Crippen molar-refractivity contribution in [2.75, 3.05) is 0 Å². The molecule has 0 aliphatic heterocycles. The van der Waals surface area contributed by atoms with Gasteiger partial charge in [-0.25, -0.2) is 0 Å². The molecule has 0 saturated heterocycles. The SMILES string of the molecule is O=[N+]([O-])c1ccc(CN[C@H]2c3ccccc3C[C@H]2O)cc1. The predicted molar refractivity (Wildman–Crippen MR) is 78.8 cm³/mol. The van der Waals surface area contributed by atoms with Crippen LogP contribution < -0.4 is 5.32 Å². The highest BCUT2D eigenvalue weighted by atomic mass is 16.6. The van der Waals surface area contributed by atoms with Crippen LogP contribution >= 0.6 is 0 Å². The summed E-state index contributed by atoms with van der Waals surface area (Å²) in [6.45, 7) is 0.564. The molecule has 0 spiro atoms. The van der Waals surface area contributed by atoms with Gasteiger partial charge in [0.1, 0.15) is 0 Å². The van der Waals surface area contributed by atoms with Crippen LogP contribution in [-0.2, 0) is 13.0 Å². The topological polar surface area (TPSA) is 75.4 Å². The van der Waals surface area contributed by atoms with Crippen molar-refractivity contribution in [1.29, 1.82) is 0 Å². The lowest BCUT2D eigenvalue weighted by molar-refractivity contribution is -0.384. The van der Waals surface area contributed by atoms with Crippen molar-refractivity contribution in [3.63, 3.8) is 0 Å². The number of hydrogen-bond acceptors (Lipinski definition) is 4. The van der Waals surface area contributed by atoms with E-state index in [0.29, 0.717) is 13.0 Å². The Bertz CT molecular complexity index is 655. The van der Waals surface area contributed by atoms with Crippen LogP contribution in [0.15, 0.2) is 48.5 Å². The van der Waals surface area contributed by atoms with Gasteiger partial charge in [-0.15, -0.1) is 0 Å². The minimum atomic E-state index is -0.430. The van der Waals surface area contributed by atoms with Gasteiger partial charge in [0.2, 0.25) is 0 Å². The van der Waals surface area contributed by atoms with Crippen LogP contribution in [-0.4, -0.2) is 16.1 Å². The van der Waals surface area contributed by atoms with E-state index < -0.39 is 11.0 Å². The molecule has 2 aromatic rings. The van der Waals surface area contributed by atoms with Crippen molar-refractivity contribution >= 4 is 5.69 Å². The molecule has 1 aliphatic carbocycles. The number of nitro groups is 1. The molecule has 3 rings (SSSR count). The molecule has 21 heavy (non-hydrogen) atoms. The highest BCUT2D eigenvalue weighted by Gasteiger charge is 2.29. The summed E-state index contributed by atoms with van der Waals surface area (Å²) in [7, 11) is 0. The molecule has 2 atom stereocenters. The molecule has 0 amide bonds. The van der Waals surface area contributed by atoms with Crippen LogP contribution in [0.2, 0.25) is 0 Å². The maximum absolute atomic E-state index is 10.6. The molecular weight excluding hydrogens is 268 g/mol. The largest absolute Gasteiger partial charge is 0.391 e. The average Bonchev–Trinajstić information content (AvgIpc) is 2.81.